The van der Waals surface area contributed by atoms with Crippen LogP contribution in [0.5, 0.6) is 0 Å². The summed E-state index contributed by atoms with van der Waals surface area (Å²) in [7, 11) is 0. The van der Waals surface area contributed by atoms with Crippen LogP contribution in [-0.4, -0.2) is 23.5 Å². The molecular formula is C16H24N2. The van der Waals surface area contributed by atoms with Crippen LogP contribution in [0.4, 0.5) is 0 Å². The molecule has 2 N–H and O–H groups in total. The van der Waals surface area contributed by atoms with Gasteiger partial charge >= 0.3 is 0 Å². The highest BCUT2D eigenvalue weighted by Crippen LogP contribution is 2.37. The van der Waals surface area contributed by atoms with Gasteiger partial charge in [0.1, 0.15) is 0 Å². The van der Waals surface area contributed by atoms with Crippen LogP contribution in [0.25, 0.3) is 0 Å². The van der Waals surface area contributed by atoms with Crippen molar-refractivity contribution < 1.29 is 0 Å². The fraction of sp³-hybridized carbons (Fsp3) is 0.625. The van der Waals surface area contributed by atoms with E-state index in [0.29, 0.717) is 12.1 Å². The molecule has 1 aromatic carbocycles. The highest BCUT2D eigenvalue weighted by molar-refractivity contribution is 5.20. The molecule has 3 rings (SSSR count). The number of benzene rings is 1. The smallest absolute Gasteiger partial charge is 0.0351 e. The van der Waals surface area contributed by atoms with E-state index in [4.69, 9.17) is 5.73 Å². The first kappa shape index (κ1) is 12.2. The maximum Gasteiger partial charge on any atom is 0.0351 e. The molecule has 2 nitrogen and oxygen atoms in total. The maximum atomic E-state index is 6.02. The largest absolute Gasteiger partial charge is 0.328 e. The molecule has 1 saturated heterocycles. The van der Waals surface area contributed by atoms with Gasteiger partial charge in [-0.25, -0.2) is 0 Å². The van der Waals surface area contributed by atoms with E-state index in [0.717, 1.165) is 6.04 Å². The molecule has 1 unspecified atom stereocenters. The fourth-order valence-corrected chi connectivity index (χ4v) is 3.69. The van der Waals surface area contributed by atoms with Crippen molar-refractivity contribution in [1.82, 2.24) is 4.90 Å². The highest BCUT2D eigenvalue weighted by atomic mass is 15.2. The maximum absolute atomic E-state index is 6.02. The molecule has 1 saturated carbocycles. The van der Waals surface area contributed by atoms with Gasteiger partial charge in [0.2, 0.25) is 0 Å². The highest BCUT2D eigenvalue weighted by Gasteiger charge is 2.33. The SMILES string of the molecule is NC1CCC(N2CCCC2c2ccccc2)CC1. The summed E-state index contributed by atoms with van der Waals surface area (Å²) < 4.78 is 0. The normalized spacial score (nSPS) is 33.7. The fourth-order valence-electron chi connectivity index (χ4n) is 3.69. The number of hydrogen-bond acceptors (Lipinski definition) is 2. The average molecular weight is 244 g/mol. The Labute approximate surface area is 110 Å². The molecule has 1 aliphatic heterocycles. The first-order valence-electron chi connectivity index (χ1n) is 7.41. The van der Waals surface area contributed by atoms with Gasteiger partial charge in [0.05, 0.1) is 0 Å². The van der Waals surface area contributed by atoms with Crippen molar-refractivity contribution in [1.29, 1.82) is 0 Å². The minimum absolute atomic E-state index is 0.457. The van der Waals surface area contributed by atoms with Crippen molar-refractivity contribution in [2.24, 2.45) is 5.73 Å². The predicted molar refractivity (Wildman–Crippen MR) is 75.4 cm³/mol. The Morgan fingerprint density at radius 3 is 2.39 bits per heavy atom. The molecule has 0 aromatic heterocycles. The van der Waals surface area contributed by atoms with E-state index in [-0.39, 0.29) is 0 Å². The second-order valence-electron chi connectivity index (χ2n) is 5.88. The summed E-state index contributed by atoms with van der Waals surface area (Å²) in [4.78, 5) is 2.75. The Hall–Kier alpha value is -0.860. The Morgan fingerprint density at radius 2 is 1.67 bits per heavy atom. The van der Waals surface area contributed by atoms with Gasteiger partial charge in [-0.15, -0.1) is 0 Å². The van der Waals surface area contributed by atoms with E-state index in [1.807, 2.05) is 0 Å². The Morgan fingerprint density at radius 1 is 0.944 bits per heavy atom. The summed E-state index contributed by atoms with van der Waals surface area (Å²) in [5.74, 6) is 0. The number of rotatable bonds is 2. The van der Waals surface area contributed by atoms with Crippen LogP contribution >= 0.6 is 0 Å². The third-order valence-electron chi connectivity index (χ3n) is 4.69. The van der Waals surface area contributed by atoms with Crippen LogP contribution in [0, 0.1) is 0 Å². The van der Waals surface area contributed by atoms with Gasteiger partial charge in [0.15, 0.2) is 0 Å². The summed E-state index contributed by atoms with van der Waals surface area (Å²) >= 11 is 0. The minimum atomic E-state index is 0.457. The van der Waals surface area contributed by atoms with E-state index >= 15 is 0 Å². The van der Waals surface area contributed by atoms with E-state index in [1.165, 1.54) is 50.6 Å². The quantitative estimate of drug-likeness (QED) is 0.866. The van der Waals surface area contributed by atoms with E-state index in [1.54, 1.807) is 0 Å². The lowest BCUT2D eigenvalue weighted by molar-refractivity contribution is 0.136. The lowest BCUT2D eigenvalue weighted by atomic mass is 9.90. The molecule has 1 aromatic rings. The Kier molecular flexibility index (Phi) is 3.67. The third-order valence-corrected chi connectivity index (χ3v) is 4.69. The minimum Gasteiger partial charge on any atom is -0.328 e. The zero-order valence-electron chi connectivity index (χ0n) is 11.1. The summed E-state index contributed by atoms with van der Waals surface area (Å²) in [6.07, 6.45) is 7.69. The van der Waals surface area contributed by atoms with Crippen molar-refractivity contribution in [2.45, 2.75) is 56.7 Å². The van der Waals surface area contributed by atoms with Gasteiger partial charge < -0.3 is 5.73 Å². The summed E-state index contributed by atoms with van der Waals surface area (Å²) in [5.41, 5.74) is 7.53. The molecule has 2 aliphatic rings. The third kappa shape index (κ3) is 2.45. The number of likely N-dealkylation sites (tertiary alicyclic amines) is 1. The number of nitrogens with zero attached hydrogens (tertiary/aromatic N) is 1. The van der Waals surface area contributed by atoms with Gasteiger partial charge in [0.25, 0.3) is 0 Å². The second kappa shape index (κ2) is 5.41. The van der Waals surface area contributed by atoms with Crippen LogP contribution in [-0.2, 0) is 0 Å². The Bertz CT molecular complexity index is 368. The molecule has 1 heterocycles. The van der Waals surface area contributed by atoms with Crippen molar-refractivity contribution in [2.75, 3.05) is 6.54 Å². The van der Waals surface area contributed by atoms with E-state index in [2.05, 4.69) is 35.2 Å². The van der Waals surface area contributed by atoms with Crippen molar-refractivity contribution in [3.8, 4) is 0 Å². The van der Waals surface area contributed by atoms with Gasteiger partial charge in [-0.2, -0.15) is 0 Å². The molecule has 2 heteroatoms. The monoisotopic (exact) mass is 244 g/mol. The molecular weight excluding hydrogens is 220 g/mol. The molecule has 0 spiro atoms. The molecule has 2 fully saturated rings. The van der Waals surface area contributed by atoms with Gasteiger partial charge in [-0.1, -0.05) is 30.3 Å². The first-order chi connectivity index (χ1) is 8.84. The predicted octanol–water partition coefficient (Wildman–Crippen LogP) is 3.09. The molecule has 0 amide bonds. The standard InChI is InChI=1S/C16H24N2/c17-14-8-10-15(11-9-14)18-12-4-7-16(18)13-5-2-1-3-6-13/h1-3,5-6,14-16H,4,7-12,17H2. The first-order valence-corrected chi connectivity index (χ1v) is 7.41. The second-order valence-corrected chi connectivity index (χ2v) is 5.88. The number of hydrogen-bond donors (Lipinski definition) is 1. The van der Waals surface area contributed by atoms with Crippen LogP contribution in [0.15, 0.2) is 30.3 Å². The van der Waals surface area contributed by atoms with E-state index < -0.39 is 0 Å². The van der Waals surface area contributed by atoms with Gasteiger partial charge in [0, 0.05) is 18.1 Å². The van der Waals surface area contributed by atoms with Crippen molar-refractivity contribution in [3.05, 3.63) is 35.9 Å². The average Bonchev–Trinajstić information content (AvgIpc) is 2.90. The lowest BCUT2D eigenvalue weighted by Crippen LogP contribution is -2.40. The lowest BCUT2D eigenvalue weighted by Gasteiger charge is -2.37. The molecule has 98 valence electrons. The van der Waals surface area contributed by atoms with Gasteiger partial charge in [-0.05, 0) is 50.6 Å². The molecule has 18 heavy (non-hydrogen) atoms. The van der Waals surface area contributed by atoms with Crippen molar-refractivity contribution >= 4 is 0 Å². The van der Waals surface area contributed by atoms with Crippen LogP contribution < -0.4 is 5.73 Å². The van der Waals surface area contributed by atoms with Gasteiger partial charge in [-0.3, -0.25) is 4.90 Å². The van der Waals surface area contributed by atoms with Crippen molar-refractivity contribution in [3.63, 3.8) is 0 Å². The zero-order valence-corrected chi connectivity index (χ0v) is 11.1. The summed E-state index contributed by atoms with van der Waals surface area (Å²) in [6, 6.07) is 12.9. The van der Waals surface area contributed by atoms with Crippen LogP contribution in [0.3, 0.4) is 0 Å². The van der Waals surface area contributed by atoms with Crippen LogP contribution in [0.2, 0.25) is 0 Å². The zero-order chi connectivity index (χ0) is 12.4. The summed E-state index contributed by atoms with van der Waals surface area (Å²) in [5, 5.41) is 0. The molecule has 1 aliphatic carbocycles. The molecule has 0 bridgehead atoms. The summed E-state index contributed by atoms with van der Waals surface area (Å²) in [6.45, 7) is 1.28. The number of nitrogens with two attached hydrogens (primary N) is 1. The van der Waals surface area contributed by atoms with E-state index in [9.17, 15) is 0 Å². The topological polar surface area (TPSA) is 29.3 Å². The molecule has 0 radical (unpaired) electrons. The molecule has 1 atom stereocenters. The Balaban J connectivity index is 1.71. The van der Waals surface area contributed by atoms with Crippen LogP contribution in [0.1, 0.15) is 50.1 Å².